The molecule has 0 aliphatic carbocycles. The van der Waals surface area contributed by atoms with E-state index in [4.69, 9.17) is 0 Å². The first-order valence-corrected chi connectivity index (χ1v) is 8.38. The van der Waals surface area contributed by atoms with Crippen molar-refractivity contribution in [2.45, 2.75) is 20.0 Å². The van der Waals surface area contributed by atoms with Gasteiger partial charge in [-0.2, -0.15) is 10.2 Å². The first-order valence-electron chi connectivity index (χ1n) is 7.50. The molecule has 0 aromatic carbocycles. The van der Waals surface area contributed by atoms with Crippen molar-refractivity contribution in [2.75, 3.05) is 6.54 Å². The van der Waals surface area contributed by atoms with Crippen molar-refractivity contribution >= 4 is 17.2 Å². The molecule has 0 bridgehead atoms. The van der Waals surface area contributed by atoms with Gasteiger partial charge < -0.3 is 5.32 Å². The van der Waals surface area contributed by atoms with Crippen LogP contribution in [0.3, 0.4) is 0 Å². The standard InChI is InChI=1S/C16H17N5O2S/c1-12-10-13(14-4-3-9-24-14)19-20(12)8-7-17-15(22)11-21-16(23)5-2-6-18-21/h2-6,9-10H,7-8,11H2,1H3,(H,17,22). The van der Waals surface area contributed by atoms with E-state index in [1.807, 2.05) is 35.2 Å². The summed E-state index contributed by atoms with van der Waals surface area (Å²) in [5.41, 5.74) is 1.68. The van der Waals surface area contributed by atoms with Crippen molar-refractivity contribution in [1.29, 1.82) is 0 Å². The van der Waals surface area contributed by atoms with Crippen molar-refractivity contribution in [3.63, 3.8) is 0 Å². The Labute approximate surface area is 142 Å². The number of rotatable bonds is 6. The molecule has 3 aromatic heterocycles. The van der Waals surface area contributed by atoms with Gasteiger partial charge in [0, 0.05) is 24.5 Å². The number of nitrogens with zero attached hydrogens (tertiary/aromatic N) is 4. The predicted octanol–water partition coefficient (Wildman–Crippen LogP) is 1.29. The molecule has 24 heavy (non-hydrogen) atoms. The first-order chi connectivity index (χ1) is 11.6. The largest absolute Gasteiger partial charge is 0.353 e. The van der Waals surface area contributed by atoms with Gasteiger partial charge in [0.2, 0.25) is 5.91 Å². The highest BCUT2D eigenvalue weighted by Gasteiger charge is 2.08. The first kappa shape index (κ1) is 16.1. The highest BCUT2D eigenvalue weighted by atomic mass is 32.1. The van der Waals surface area contributed by atoms with E-state index in [-0.39, 0.29) is 18.0 Å². The number of carbonyl (C=O) groups excluding carboxylic acids is 1. The van der Waals surface area contributed by atoms with Gasteiger partial charge in [0.1, 0.15) is 12.2 Å². The van der Waals surface area contributed by atoms with Gasteiger partial charge in [0.15, 0.2) is 0 Å². The summed E-state index contributed by atoms with van der Waals surface area (Å²) in [6, 6.07) is 8.97. The van der Waals surface area contributed by atoms with Crippen LogP contribution < -0.4 is 10.9 Å². The normalized spacial score (nSPS) is 10.7. The Hall–Kier alpha value is -2.74. The molecule has 0 aliphatic rings. The number of aromatic nitrogens is 4. The van der Waals surface area contributed by atoms with Crippen molar-refractivity contribution < 1.29 is 4.79 Å². The number of hydrogen-bond acceptors (Lipinski definition) is 5. The fourth-order valence-electron chi connectivity index (χ4n) is 2.28. The van der Waals surface area contributed by atoms with Crippen LogP contribution >= 0.6 is 11.3 Å². The van der Waals surface area contributed by atoms with Gasteiger partial charge in [0.05, 0.1) is 11.4 Å². The fraction of sp³-hybridized carbons (Fsp3) is 0.250. The lowest BCUT2D eigenvalue weighted by Crippen LogP contribution is -2.34. The zero-order chi connectivity index (χ0) is 16.9. The molecule has 1 N–H and O–H groups in total. The molecule has 3 rings (SSSR count). The second-order valence-electron chi connectivity index (χ2n) is 5.24. The number of aryl methyl sites for hydroxylation is 1. The van der Waals surface area contributed by atoms with Gasteiger partial charge in [-0.25, -0.2) is 4.68 Å². The highest BCUT2D eigenvalue weighted by Crippen LogP contribution is 2.23. The van der Waals surface area contributed by atoms with Gasteiger partial charge in [-0.05, 0) is 30.5 Å². The van der Waals surface area contributed by atoms with Crippen LogP contribution in [-0.2, 0) is 17.9 Å². The number of amides is 1. The van der Waals surface area contributed by atoms with Gasteiger partial charge in [0.25, 0.3) is 5.56 Å². The van der Waals surface area contributed by atoms with Crippen LogP contribution in [0, 0.1) is 6.92 Å². The Morgan fingerprint density at radius 3 is 2.92 bits per heavy atom. The Morgan fingerprint density at radius 1 is 1.29 bits per heavy atom. The lowest BCUT2D eigenvalue weighted by molar-refractivity contribution is -0.121. The summed E-state index contributed by atoms with van der Waals surface area (Å²) in [5.74, 6) is -0.251. The van der Waals surface area contributed by atoms with E-state index in [1.165, 1.54) is 12.3 Å². The highest BCUT2D eigenvalue weighted by molar-refractivity contribution is 7.13. The maximum atomic E-state index is 11.9. The predicted molar refractivity (Wildman–Crippen MR) is 91.8 cm³/mol. The third-order valence-electron chi connectivity index (χ3n) is 3.48. The molecule has 0 radical (unpaired) electrons. The van der Waals surface area contributed by atoms with Crippen LogP contribution in [-0.4, -0.2) is 32.0 Å². The quantitative estimate of drug-likeness (QED) is 0.731. The van der Waals surface area contributed by atoms with Gasteiger partial charge >= 0.3 is 0 Å². The molecule has 0 saturated heterocycles. The maximum absolute atomic E-state index is 11.9. The van der Waals surface area contributed by atoms with Crippen LogP contribution in [0.1, 0.15) is 5.69 Å². The molecule has 3 heterocycles. The zero-order valence-corrected chi connectivity index (χ0v) is 14.0. The SMILES string of the molecule is Cc1cc(-c2cccs2)nn1CCNC(=O)Cn1ncccc1=O. The molecule has 8 heteroatoms. The molecular formula is C16H17N5O2S. The van der Waals surface area contributed by atoms with E-state index in [1.54, 1.807) is 17.4 Å². The molecular weight excluding hydrogens is 326 g/mol. The molecule has 1 amide bonds. The van der Waals surface area contributed by atoms with E-state index in [9.17, 15) is 9.59 Å². The summed E-state index contributed by atoms with van der Waals surface area (Å²) < 4.78 is 2.99. The summed E-state index contributed by atoms with van der Waals surface area (Å²) in [5, 5.41) is 13.2. The second-order valence-corrected chi connectivity index (χ2v) is 6.19. The summed E-state index contributed by atoms with van der Waals surface area (Å²) in [4.78, 5) is 24.5. The second kappa shape index (κ2) is 7.22. The fourth-order valence-corrected chi connectivity index (χ4v) is 2.96. The molecule has 0 atom stereocenters. The third-order valence-corrected chi connectivity index (χ3v) is 4.37. The number of carbonyl (C=O) groups is 1. The molecule has 0 aliphatic heterocycles. The minimum absolute atomic E-state index is 0.0851. The number of thiophene rings is 1. The van der Waals surface area contributed by atoms with Crippen LogP contribution in [0.25, 0.3) is 10.6 Å². The lowest BCUT2D eigenvalue weighted by atomic mass is 10.3. The van der Waals surface area contributed by atoms with Gasteiger partial charge in [-0.1, -0.05) is 6.07 Å². The van der Waals surface area contributed by atoms with E-state index in [2.05, 4.69) is 15.5 Å². The summed E-state index contributed by atoms with van der Waals surface area (Å²) in [6.45, 7) is 2.91. The molecule has 0 fully saturated rings. The van der Waals surface area contributed by atoms with Crippen molar-refractivity contribution in [3.8, 4) is 10.6 Å². The van der Waals surface area contributed by atoms with E-state index >= 15 is 0 Å². The van der Waals surface area contributed by atoms with Crippen molar-refractivity contribution in [2.24, 2.45) is 0 Å². The monoisotopic (exact) mass is 343 g/mol. The summed E-state index contributed by atoms with van der Waals surface area (Å²) in [7, 11) is 0. The van der Waals surface area contributed by atoms with Crippen LogP contribution in [0.15, 0.2) is 46.7 Å². The average molecular weight is 343 g/mol. The van der Waals surface area contributed by atoms with E-state index in [0.717, 1.165) is 20.9 Å². The molecule has 7 nitrogen and oxygen atoms in total. The number of nitrogens with one attached hydrogen (secondary N) is 1. The molecule has 124 valence electrons. The zero-order valence-electron chi connectivity index (χ0n) is 13.2. The Kier molecular flexibility index (Phi) is 4.85. The molecule has 0 unspecified atom stereocenters. The lowest BCUT2D eigenvalue weighted by Gasteiger charge is -2.07. The smallest absolute Gasteiger partial charge is 0.267 e. The van der Waals surface area contributed by atoms with Crippen LogP contribution in [0.4, 0.5) is 0 Å². The maximum Gasteiger partial charge on any atom is 0.267 e. The minimum atomic E-state index is -0.295. The molecule has 0 saturated carbocycles. The van der Waals surface area contributed by atoms with Gasteiger partial charge in [-0.3, -0.25) is 14.3 Å². The van der Waals surface area contributed by atoms with Crippen LogP contribution in [0.2, 0.25) is 0 Å². The summed E-state index contributed by atoms with van der Waals surface area (Å²) in [6.07, 6.45) is 1.48. The Balaban J connectivity index is 1.54. The molecule has 0 spiro atoms. The third kappa shape index (κ3) is 3.77. The topological polar surface area (TPSA) is 81.8 Å². The average Bonchev–Trinajstić information content (AvgIpc) is 3.20. The van der Waals surface area contributed by atoms with Gasteiger partial charge in [-0.15, -0.1) is 11.3 Å². The Bertz CT molecular complexity index is 882. The van der Waals surface area contributed by atoms with Crippen molar-refractivity contribution in [3.05, 3.63) is 58.0 Å². The van der Waals surface area contributed by atoms with Crippen LogP contribution in [0.5, 0.6) is 0 Å². The van der Waals surface area contributed by atoms with Crippen molar-refractivity contribution in [1.82, 2.24) is 24.9 Å². The summed E-state index contributed by atoms with van der Waals surface area (Å²) >= 11 is 1.64. The minimum Gasteiger partial charge on any atom is -0.353 e. The van der Waals surface area contributed by atoms with E-state index in [0.29, 0.717) is 13.1 Å². The van der Waals surface area contributed by atoms with E-state index < -0.39 is 0 Å². The number of hydrogen-bond donors (Lipinski definition) is 1. The Morgan fingerprint density at radius 2 is 2.17 bits per heavy atom. The molecule has 3 aromatic rings.